The highest BCUT2D eigenvalue weighted by atomic mass is 16.5. The van der Waals surface area contributed by atoms with Crippen LogP contribution in [0.2, 0.25) is 0 Å². The minimum absolute atomic E-state index is 0.0775. The molecule has 112 valence electrons. The van der Waals surface area contributed by atoms with Crippen LogP contribution in [0.5, 0.6) is 5.75 Å². The van der Waals surface area contributed by atoms with Gasteiger partial charge in [0.2, 0.25) is 0 Å². The summed E-state index contributed by atoms with van der Waals surface area (Å²) in [6.45, 7) is 10.4. The molecule has 0 aliphatic carbocycles. The smallest absolute Gasteiger partial charge is 0.139 e. The Balaban J connectivity index is 2.41. The summed E-state index contributed by atoms with van der Waals surface area (Å²) in [5.41, 5.74) is 12.2. The molecule has 0 saturated carbocycles. The van der Waals surface area contributed by atoms with Crippen molar-refractivity contribution in [2.24, 2.45) is 5.73 Å². The summed E-state index contributed by atoms with van der Waals surface area (Å²) in [4.78, 5) is 0. The van der Waals surface area contributed by atoms with Gasteiger partial charge in [0.05, 0.1) is 0 Å². The molecular weight excluding hydrogens is 258 g/mol. The molecule has 2 unspecified atom stereocenters. The molecule has 2 N–H and O–H groups in total. The lowest BCUT2D eigenvalue weighted by atomic mass is 9.98. The summed E-state index contributed by atoms with van der Waals surface area (Å²) in [7, 11) is 0. The van der Waals surface area contributed by atoms with Gasteiger partial charge in [-0.1, -0.05) is 30.3 Å². The number of aryl methyl sites for hydroxylation is 3. The Labute approximate surface area is 127 Å². The summed E-state index contributed by atoms with van der Waals surface area (Å²) in [5.74, 6) is 0.929. The van der Waals surface area contributed by atoms with Crippen molar-refractivity contribution in [1.29, 1.82) is 0 Å². The van der Waals surface area contributed by atoms with Crippen LogP contribution in [-0.4, -0.2) is 6.04 Å². The van der Waals surface area contributed by atoms with Crippen molar-refractivity contribution >= 4 is 0 Å². The molecule has 2 nitrogen and oxygen atoms in total. The van der Waals surface area contributed by atoms with Gasteiger partial charge < -0.3 is 10.5 Å². The Kier molecular flexibility index (Phi) is 4.69. The Morgan fingerprint density at radius 2 is 1.62 bits per heavy atom. The predicted octanol–water partition coefficient (Wildman–Crippen LogP) is 4.39. The molecule has 2 aromatic carbocycles. The third kappa shape index (κ3) is 3.45. The SMILES string of the molecule is Cc1cc(C)c(C)c(OC(c2ccccc2C)C(C)N)c1. The average molecular weight is 283 g/mol. The topological polar surface area (TPSA) is 35.2 Å². The van der Waals surface area contributed by atoms with E-state index >= 15 is 0 Å². The Hall–Kier alpha value is -1.80. The maximum atomic E-state index is 6.31. The third-order valence-electron chi connectivity index (χ3n) is 3.99. The van der Waals surface area contributed by atoms with Crippen LogP contribution in [0.1, 0.15) is 40.8 Å². The monoisotopic (exact) mass is 283 g/mol. The highest BCUT2D eigenvalue weighted by molar-refractivity contribution is 5.42. The molecule has 0 bridgehead atoms. The largest absolute Gasteiger partial charge is 0.484 e. The fraction of sp³-hybridized carbons (Fsp3) is 0.368. The van der Waals surface area contributed by atoms with Gasteiger partial charge >= 0.3 is 0 Å². The Morgan fingerprint density at radius 1 is 0.952 bits per heavy atom. The van der Waals surface area contributed by atoms with E-state index in [1.807, 2.05) is 19.1 Å². The van der Waals surface area contributed by atoms with E-state index in [1.165, 1.54) is 22.3 Å². The second-order valence-corrected chi connectivity index (χ2v) is 5.96. The van der Waals surface area contributed by atoms with Gasteiger partial charge in [-0.15, -0.1) is 0 Å². The van der Waals surface area contributed by atoms with Gasteiger partial charge in [0.1, 0.15) is 11.9 Å². The van der Waals surface area contributed by atoms with Crippen LogP contribution in [0.4, 0.5) is 0 Å². The van der Waals surface area contributed by atoms with Gasteiger partial charge in [-0.2, -0.15) is 0 Å². The molecule has 0 aliphatic heterocycles. The zero-order valence-corrected chi connectivity index (χ0v) is 13.6. The van der Waals surface area contributed by atoms with Crippen molar-refractivity contribution in [3.63, 3.8) is 0 Å². The van der Waals surface area contributed by atoms with Gasteiger partial charge in [0, 0.05) is 6.04 Å². The van der Waals surface area contributed by atoms with Crippen LogP contribution in [0, 0.1) is 27.7 Å². The van der Waals surface area contributed by atoms with E-state index in [2.05, 4.69) is 52.0 Å². The fourth-order valence-corrected chi connectivity index (χ4v) is 2.62. The molecule has 0 amide bonds. The van der Waals surface area contributed by atoms with Gasteiger partial charge in [0.15, 0.2) is 0 Å². The minimum atomic E-state index is -0.133. The second-order valence-electron chi connectivity index (χ2n) is 5.96. The van der Waals surface area contributed by atoms with Gasteiger partial charge in [0.25, 0.3) is 0 Å². The summed E-state index contributed by atoms with van der Waals surface area (Å²) in [5, 5.41) is 0. The first-order chi connectivity index (χ1) is 9.90. The molecule has 0 aliphatic rings. The van der Waals surface area contributed by atoms with E-state index < -0.39 is 0 Å². The normalized spacial score (nSPS) is 13.8. The number of ether oxygens (including phenoxy) is 1. The predicted molar refractivity (Wildman–Crippen MR) is 88.9 cm³/mol. The summed E-state index contributed by atoms with van der Waals surface area (Å²) in [6, 6.07) is 12.5. The first-order valence-electron chi connectivity index (χ1n) is 7.45. The summed E-state index contributed by atoms with van der Waals surface area (Å²) >= 11 is 0. The molecule has 2 rings (SSSR count). The molecular formula is C19H25NO. The van der Waals surface area contributed by atoms with Crippen LogP contribution in [0.3, 0.4) is 0 Å². The van der Waals surface area contributed by atoms with Crippen molar-refractivity contribution in [2.45, 2.75) is 46.8 Å². The fourth-order valence-electron chi connectivity index (χ4n) is 2.62. The van der Waals surface area contributed by atoms with Crippen molar-refractivity contribution in [1.82, 2.24) is 0 Å². The molecule has 2 aromatic rings. The van der Waals surface area contributed by atoms with E-state index in [4.69, 9.17) is 10.5 Å². The first-order valence-corrected chi connectivity index (χ1v) is 7.45. The molecule has 0 spiro atoms. The molecule has 0 saturated heterocycles. The molecule has 21 heavy (non-hydrogen) atoms. The zero-order valence-electron chi connectivity index (χ0n) is 13.6. The highest BCUT2D eigenvalue weighted by Gasteiger charge is 2.21. The van der Waals surface area contributed by atoms with Crippen LogP contribution in [-0.2, 0) is 0 Å². The summed E-state index contributed by atoms with van der Waals surface area (Å²) < 4.78 is 6.31. The lowest BCUT2D eigenvalue weighted by Crippen LogP contribution is -2.29. The van der Waals surface area contributed by atoms with Gasteiger partial charge in [-0.05, 0) is 68.5 Å². The van der Waals surface area contributed by atoms with E-state index in [1.54, 1.807) is 0 Å². The Morgan fingerprint density at radius 3 is 2.24 bits per heavy atom. The van der Waals surface area contributed by atoms with Crippen molar-refractivity contribution < 1.29 is 4.74 Å². The van der Waals surface area contributed by atoms with Crippen molar-refractivity contribution in [2.75, 3.05) is 0 Å². The highest BCUT2D eigenvalue weighted by Crippen LogP contribution is 2.30. The van der Waals surface area contributed by atoms with Crippen LogP contribution in [0.25, 0.3) is 0 Å². The average Bonchev–Trinajstić information content (AvgIpc) is 2.42. The van der Waals surface area contributed by atoms with Gasteiger partial charge in [-0.25, -0.2) is 0 Å². The minimum Gasteiger partial charge on any atom is -0.484 e. The summed E-state index contributed by atoms with van der Waals surface area (Å²) in [6.07, 6.45) is -0.133. The molecule has 2 heteroatoms. The van der Waals surface area contributed by atoms with E-state index in [0.717, 1.165) is 11.3 Å². The zero-order chi connectivity index (χ0) is 15.6. The first kappa shape index (κ1) is 15.6. The lowest BCUT2D eigenvalue weighted by Gasteiger charge is -2.26. The molecule has 0 aromatic heterocycles. The Bertz CT molecular complexity index is 631. The van der Waals surface area contributed by atoms with Crippen LogP contribution in [0.15, 0.2) is 36.4 Å². The molecule has 0 fully saturated rings. The number of hydrogen-bond donors (Lipinski definition) is 1. The number of nitrogens with two attached hydrogens (primary N) is 1. The van der Waals surface area contributed by atoms with E-state index in [0.29, 0.717) is 0 Å². The van der Waals surface area contributed by atoms with Crippen LogP contribution >= 0.6 is 0 Å². The standard InChI is InChI=1S/C19H25NO/c1-12-10-14(3)15(4)18(11-12)21-19(16(5)20)17-9-7-6-8-13(17)2/h6-11,16,19H,20H2,1-5H3. The second kappa shape index (κ2) is 6.31. The quantitative estimate of drug-likeness (QED) is 0.903. The van der Waals surface area contributed by atoms with E-state index in [9.17, 15) is 0 Å². The van der Waals surface area contributed by atoms with E-state index in [-0.39, 0.29) is 12.1 Å². The number of hydrogen-bond acceptors (Lipinski definition) is 2. The maximum Gasteiger partial charge on any atom is 0.139 e. The molecule has 2 atom stereocenters. The van der Waals surface area contributed by atoms with Crippen molar-refractivity contribution in [3.05, 3.63) is 64.2 Å². The lowest BCUT2D eigenvalue weighted by molar-refractivity contribution is 0.178. The maximum absolute atomic E-state index is 6.31. The molecule has 0 heterocycles. The molecule has 0 radical (unpaired) electrons. The van der Waals surface area contributed by atoms with Crippen LogP contribution < -0.4 is 10.5 Å². The number of benzene rings is 2. The van der Waals surface area contributed by atoms with Gasteiger partial charge in [-0.3, -0.25) is 0 Å². The van der Waals surface area contributed by atoms with Crippen molar-refractivity contribution in [3.8, 4) is 5.75 Å². The third-order valence-corrected chi connectivity index (χ3v) is 3.99. The number of rotatable bonds is 4.